The van der Waals surface area contributed by atoms with Crippen molar-refractivity contribution in [2.45, 2.75) is 6.42 Å². The van der Waals surface area contributed by atoms with Gasteiger partial charge in [0.25, 0.3) is 0 Å². The van der Waals surface area contributed by atoms with Crippen molar-refractivity contribution >= 4 is 22.7 Å². The van der Waals surface area contributed by atoms with Gasteiger partial charge in [-0.25, -0.2) is 4.98 Å². The number of nitrogens with zero attached hydrogens (tertiary/aromatic N) is 3. The van der Waals surface area contributed by atoms with Crippen LogP contribution in [0, 0.1) is 0 Å². The summed E-state index contributed by atoms with van der Waals surface area (Å²) in [5, 5.41) is 4.38. The third-order valence-corrected chi connectivity index (χ3v) is 3.88. The number of hydrogen-bond acceptors (Lipinski definition) is 5. The molecule has 124 valence electrons. The SMILES string of the molecule is COc1ccccc1CCNc1nc(N(C)C)c2ccccc2n1. The van der Waals surface area contributed by atoms with E-state index in [4.69, 9.17) is 4.74 Å². The number of fused-ring (bicyclic) bond motifs is 1. The maximum absolute atomic E-state index is 5.39. The van der Waals surface area contributed by atoms with E-state index in [2.05, 4.69) is 21.4 Å². The Balaban J connectivity index is 1.78. The largest absolute Gasteiger partial charge is 0.496 e. The molecule has 0 spiro atoms. The first-order valence-corrected chi connectivity index (χ1v) is 7.99. The molecule has 0 amide bonds. The van der Waals surface area contributed by atoms with Crippen LogP contribution in [0.25, 0.3) is 10.9 Å². The molecule has 24 heavy (non-hydrogen) atoms. The van der Waals surface area contributed by atoms with Gasteiger partial charge in [-0.05, 0) is 30.2 Å². The Morgan fingerprint density at radius 3 is 2.54 bits per heavy atom. The first kappa shape index (κ1) is 16.1. The van der Waals surface area contributed by atoms with Crippen molar-refractivity contribution in [1.29, 1.82) is 0 Å². The minimum Gasteiger partial charge on any atom is -0.496 e. The van der Waals surface area contributed by atoms with Crippen LogP contribution in [0.2, 0.25) is 0 Å². The summed E-state index contributed by atoms with van der Waals surface area (Å²) >= 11 is 0. The number of benzene rings is 2. The highest BCUT2D eigenvalue weighted by molar-refractivity contribution is 5.90. The monoisotopic (exact) mass is 322 g/mol. The fourth-order valence-electron chi connectivity index (χ4n) is 2.70. The average molecular weight is 322 g/mol. The molecule has 5 nitrogen and oxygen atoms in total. The van der Waals surface area contributed by atoms with Crippen molar-refractivity contribution in [2.24, 2.45) is 0 Å². The van der Waals surface area contributed by atoms with Crippen molar-refractivity contribution in [3.8, 4) is 5.75 Å². The molecule has 0 saturated carbocycles. The van der Waals surface area contributed by atoms with Gasteiger partial charge in [-0.3, -0.25) is 0 Å². The van der Waals surface area contributed by atoms with Crippen molar-refractivity contribution in [2.75, 3.05) is 38.0 Å². The molecular weight excluding hydrogens is 300 g/mol. The summed E-state index contributed by atoms with van der Waals surface area (Å²) in [5.41, 5.74) is 2.11. The zero-order chi connectivity index (χ0) is 16.9. The highest BCUT2D eigenvalue weighted by Gasteiger charge is 2.09. The molecule has 1 N–H and O–H groups in total. The zero-order valence-corrected chi connectivity index (χ0v) is 14.3. The Morgan fingerprint density at radius 1 is 1.00 bits per heavy atom. The Labute approximate surface area is 142 Å². The standard InChI is InChI=1S/C19H22N4O/c1-23(2)18-15-9-5-6-10-16(15)21-19(22-18)20-13-12-14-8-4-7-11-17(14)24-3/h4-11H,12-13H2,1-3H3,(H,20,21,22). The average Bonchev–Trinajstić information content (AvgIpc) is 2.61. The van der Waals surface area contributed by atoms with Crippen LogP contribution in [-0.2, 0) is 6.42 Å². The molecule has 0 unspecified atom stereocenters. The summed E-state index contributed by atoms with van der Waals surface area (Å²) in [6, 6.07) is 16.1. The summed E-state index contributed by atoms with van der Waals surface area (Å²) in [4.78, 5) is 11.3. The molecule has 0 aliphatic rings. The van der Waals surface area contributed by atoms with E-state index < -0.39 is 0 Å². The van der Waals surface area contributed by atoms with Crippen molar-refractivity contribution in [3.63, 3.8) is 0 Å². The van der Waals surface area contributed by atoms with E-state index in [0.29, 0.717) is 5.95 Å². The molecule has 0 aliphatic heterocycles. The van der Waals surface area contributed by atoms with Gasteiger partial charge in [0, 0.05) is 26.0 Å². The van der Waals surface area contributed by atoms with E-state index in [9.17, 15) is 0 Å². The topological polar surface area (TPSA) is 50.3 Å². The van der Waals surface area contributed by atoms with Gasteiger partial charge in [0.2, 0.25) is 5.95 Å². The van der Waals surface area contributed by atoms with E-state index in [1.54, 1.807) is 7.11 Å². The Morgan fingerprint density at radius 2 is 1.75 bits per heavy atom. The Bertz CT molecular complexity index is 832. The second-order valence-corrected chi connectivity index (χ2v) is 5.77. The molecule has 5 heteroatoms. The van der Waals surface area contributed by atoms with Crippen LogP contribution in [0.4, 0.5) is 11.8 Å². The van der Waals surface area contributed by atoms with Crippen LogP contribution >= 0.6 is 0 Å². The fraction of sp³-hybridized carbons (Fsp3) is 0.263. The minimum absolute atomic E-state index is 0.646. The van der Waals surface area contributed by atoms with Crippen LogP contribution in [0.15, 0.2) is 48.5 Å². The molecule has 1 aromatic heterocycles. The van der Waals surface area contributed by atoms with Crippen LogP contribution in [0.5, 0.6) is 5.75 Å². The summed E-state index contributed by atoms with van der Waals surface area (Å²) in [6.45, 7) is 0.742. The van der Waals surface area contributed by atoms with Gasteiger partial charge in [-0.2, -0.15) is 4.98 Å². The van der Waals surface area contributed by atoms with Crippen LogP contribution in [0.1, 0.15) is 5.56 Å². The molecule has 0 radical (unpaired) electrons. The Hall–Kier alpha value is -2.82. The molecule has 0 atom stereocenters. The summed E-state index contributed by atoms with van der Waals surface area (Å²) in [5.74, 6) is 2.47. The minimum atomic E-state index is 0.646. The highest BCUT2D eigenvalue weighted by Crippen LogP contribution is 2.24. The van der Waals surface area contributed by atoms with E-state index in [1.807, 2.05) is 61.5 Å². The molecule has 0 saturated heterocycles. The van der Waals surface area contributed by atoms with Crippen molar-refractivity contribution < 1.29 is 4.74 Å². The van der Waals surface area contributed by atoms with E-state index in [0.717, 1.165) is 35.4 Å². The van der Waals surface area contributed by atoms with Gasteiger partial charge in [-0.1, -0.05) is 30.3 Å². The van der Waals surface area contributed by atoms with Gasteiger partial charge in [0.15, 0.2) is 0 Å². The smallest absolute Gasteiger partial charge is 0.225 e. The van der Waals surface area contributed by atoms with E-state index in [1.165, 1.54) is 5.56 Å². The van der Waals surface area contributed by atoms with Gasteiger partial charge >= 0.3 is 0 Å². The molecule has 0 bridgehead atoms. The third kappa shape index (κ3) is 3.40. The number of aromatic nitrogens is 2. The lowest BCUT2D eigenvalue weighted by atomic mass is 10.1. The number of ether oxygens (including phenoxy) is 1. The summed E-state index contributed by atoms with van der Waals surface area (Å²) in [6.07, 6.45) is 0.845. The molecular formula is C19H22N4O. The molecule has 3 rings (SSSR count). The second kappa shape index (κ2) is 7.17. The second-order valence-electron chi connectivity index (χ2n) is 5.77. The van der Waals surface area contributed by atoms with Crippen molar-refractivity contribution in [3.05, 3.63) is 54.1 Å². The van der Waals surface area contributed by atoms with Crippen LogP contribution < -0.4 is 15.0 Å². The predicted molar refractivity (Wildman–Crippen MR) is 99.1 cm³/mol. The molecule has 2 aromatic carbocycles. The van der Waals surface area contributed by atoms with Gasteiger partial charge in [0.05, 0.1) is 12.6 Å². The van der Waals surface area contributed by atoms with E-state index >= 15 is 0 Å². The number of rotatable bonds is 6. The first-order chi connectivity index (χ1) is 11.7. The summed E-state index contributed by atoms with van der Waals surface area (Å²) < 4.78 is 5.39. The number of hydrogen-bond donors (Lipinski definition) is 1. The normalized spacial score (nSPS) is 10.6. The van der Waals surface area contributed by atoms with Gasteiger partial charge in [0.1, 0.15) is 11.6 Å². The predicted octanol–water partition coefficient (Wildman–Crippen LogP) is 3.36. The van der Waals surface area contributed by atoms with Crippen LogP contribution in [-0.4, -0.2) is 37.7 Å². The molecule has 1 heterocycles. The first-order valence-electron chi connectivity index (χ1n) is 7.99. The fourth-order valence-corrected chi connectivity index (χ4v) is 2.70. The lowest BCUT2D eigenvalue weighted by Gasteiger charge is -2.16. The number of nitrogens with one attached hydrogen (secondary N) is 1. The lowest BCUT2D eigenvalue weighted by molar-refractivity contribution is 0.410. The molecule has 0 fully saturated rings. The van der Waals surface area contributed by atoms with Gasteiger partial charge in [-0.15, -0.1) is 0 Å². The molecule has 3 aromatic rings. The zero-order valence-electron chi connectivity index (χ0n) is 14.3. The summed E-state index contributed by atoms with van der Waals surface area (Å²) in [7, 11) is 5.68. The molecule has 0 aliphatic carbocycles. The Kier molecular flexibility index (Phi) is 4.79. The number of methoxy groups -OCH3 is 1. The van der Waals surface area contributed by atoms with Crippen LogP contribution in [0.3, 0.4) is 0 Å². The van der Waals surface area contributed by atoms with Crippen molar-refractivity contribution in [1.82, 2.24) is 9.97 Å². The maximum atomic E-state index is 5.39. The van der Waals surface area contributed by atoms with Gasteiger partial charge < -0.3 is 15.0 Å². The highest BCUT2D eigenvalue weighted by atomic mass is 16.5. The quantitative estimate of drug-likeness (QED) is 0.754. The van der Waals surface area contributed by atoms with E-state index in [-0.39, 0.29) is 0 Å². The number of anilines is 2. The maximum Gasteiger partial charge on any atom is 0.225 e. The number of para-hydroxylation sites is 2. The third-order valence-electron chi connectivity index (χ3n) is 3.88. The lowest BCUT2D eigenvalue weighted by Crippen LogP contribution is -2.15.